The molecule has 0 saturated heterocycles. The number of hydrogen-bond acceptors (Lipinski definition) is 0. The number of halogens is 1. The van der Waals surface area contributed by atoms with Crippen molar-refractivity contribution in [1.29, 1.82) is 0 Å². The Labute approximate surface area is 102 Å². The molecule has 0 aliphatic heterocycles. The molecule has 2 rings (SSSR count). The second-order valence-electron chi connectivity index (χ2n) is 3.84. The molecule has 0 atom stereocenters. The standard InChI is InChI=1S/C15H15Cl/c1-3-11-9-12(4-2)15(10-16)14-8-6-5-7-13(11)14/h3,5-9H,1,4,10H2,2H3. The average molecular weight is 231 g/mol. The van der Waals surface area contributed by atoms with Crippen LogP contribution in [0, 0.1) is 0 Å². The maximum absolute atomic E-state index is 6.06. The van der Waals surface area contributed by atoms with Crippen molar-refractivity contribution in [3.8, 4) is 0 Å². The minimum atomic E-state index is 0.571. The van der Waals surface area contributed by atoms with E-state index in [4.69, 9.17) is 11.6 Å². The van der Waals surface area contributed by atoms with Crippen LogP contribution < -0.4 is 0 Å². The summed E-state index contributed by atoms with van der Waals surface area (Å²) in [5.41, 5.74) is 3.77. The van der Waals surface area contributed by atoms with Gasteiger partial charge in [-0.1, -0.05) is 49.9 Å². The van der Waals surface area contributed by atoms with E-state index in [-0.39, 0.29) is 0 Å². The maximum atomic E-state index is 6.06. The van der Waals surface area contributed by atoms with Gasteiger partial charge in [-0.05, 0) is 33.9 Å². The normalized spacial score (nSPS) is 10.6. The SMILES string of the molecule is C=Cc1cc(CC)c(CCl)c2ccccc12. The molecule has 16 heavy (non-hydrogen) atoms. The molecular formula is C15H15Cl. The number of fused-ring (bicyclic) bond motifs is 1. The smallest absolute Gasteiger partial charge is 0.0482 e. The largest absolute Gasteiger partial charge is 0.122 e. The van der Waals surface area contributed by atoms with Crippen molar-refractivity contribution in [3.63, 3.8) is 0 Å². The summed E-state index contributed by atoms with van der Waals surface area (Å²) in [7, 11) is 0. The fourth-order valence-corrected chi connectivity index (χ4v) is 2.48. The van der Waals surface area contributed by atoms with Gasteiger partial charge in [0.1, 0.15) is 0 Å². The second-order valence-corrected chi connectivity index (χ2v) is 4.11. The molecule has 0 N–H and O–H groups in total. The molecule has 0 fully saturated rings. The van der Waals surface area contributed by atoms with Gasteiger partial charge in [0, 0.05) is 5.88 Å². The summed E-state index contributed by atoms with van der Waals surface area (Å²) in [4.78, 5) is 0. The number of rotatable bonds is 3. The van der Waals surface area contributed by atoms with Crippen LogP contribution >= 0.6 is 11.6 Å². The topological polar surface area (TPSA) is 0 Å². The molecule has 0 nitrogen and oxygen atoms in total. The lowest BCUT2D eigenvalue weighted by Gasteiger charge is -2.12. The van der Waals surface area contributed by atoms with E-state index in [1.54, 1.807) is 0 Å². The van der Waals surface area contributed by atoms with Gasteiger partial charge in [-0.25, -0.2) is 0 Å². The third-order valence-corrected chi connectivity index (χ3v) is 3.28. The van der Waals surface area contributed by atoms with Crippen molar-refractivity contribution in [3.05, 3.63) is 53.6 Å². The van der Waals surface area contributed by atoms with E-state index < -0.39 is 0 Å². The molecule has 0 bridgehead atoms. The zero-order chi connectivity index (χ0) is 11.5. The monoisotopic (exact) mass is 230 g/mol. The first kappa shape index (κ1) is 11.2. The molecule has 0 aromatic heterocycles. The van der Waals surface area contributed by atoms with Crippen LogP contribution in [0.2, 0.25) is 0 Å². The van der Waals surface area contributed by atoms with E-state index in [0.29, 0.717) is 5.88 Å². The van der Waals surface area contributed by atoms with E-state index in [9.17, 15) is 0 Å². The molecular weight excluding hydrogens is 216 g/mol. The third-order valence-electron chi connectivity index (χ3n) is 3.01. The van der Waals surface area contributed by atoms with Gasteiger partial charge in [0.15, 0.2) is 0 Å². The third kappa shape index (κ3) is 1.74. The maximum Gasteiger partial charge on any atom is 0.0482 e. The minimum Gasteiger partial charge on any atom is -0.122 e. The number of hydrogen-bond donors (Lipinski definition) is 0. The molecule has 0 aliphatic rings. The van der Waals surface area contributed by atoms with E-state index >= 15 is 0 Å². The van der Waals surface area contributed by atoms with Crippen LogP contribution in [0.25, 0.3) is 16.8 Å². The van der Waals surface area contributed by atoms with E-state index in [0.717, 1.165) is 6.42 Å². The first-order valence-corrected chi connectivity index (χ1v) is 6.07. The van der Waals surface area contributed by atoms with Gasteiger partial charge >= 0.3 is 0 Å². The fourth-order valence-electron chi connectivity index (χ4n) is 2.17. The molecule has 2 aromatic carbocycles. The summed E-state index contributed by atoms with van der Waals surface area (Å²) in [6.07, 6.45) is 2.92. The average Bonchev–Trinajstić information content (AvgIpc) is 2.36. The zero-order valence-corrected chi connectivity index (χ0v) is 10.2. The van der Waals surface area contributed by atoms with Gasteiger partial charge in [0.25, 0.3) is 0 Å². The van der Waals surface area contributed by atoms with Gasteiger partial charge in [-0.15, -0.1) is 11.6 Å². The highest BCUT2D eigenvalue weighted by atomic mass is 35.5. The summed E-state index contributed by atoms with van der Waals surface area (Å²) in [5, 5.41) is 2.50. The summed E-state index contributed by atoms with van der Waals surface area (Å²) < 4.78 is 0. The Morgan fingerprint density at radius 2 is 1.94 bits per heavy atom. The first-order chi connectivity index (χ1) is 7.81. The fraction of sp³-hybridized carbons (Fsp3) is 0.200. The Morgan fingerprint density at radius 1 is 1.25 bits per heavy atom. The summed E-state index contributed by atoms with van der Waals surface area (Å²) in [5.74, 6) is 0.571. The van der Waals surface area contributed by atoms with E-state index in [2.05, 4.69) is 43.8 Å². The lowest BCUT2D eigenvalue weighted by molar-refractivity contribution is 1.11. The zero-order valence-electron chi connectivity index (χ0n) is 9.46. The summed E-state index contributed by atoms with van der Waals surface area (Å²) in [6.45, 7) is 6.04. The Kier molecular flexibility index (Phi) is 3.31. The van der Waals surface area contributed by atoms with Crippen LogP contribution in [0.15, 0.2) is 36.9 Å². The molecule has 0 spiro atoms. The molecule has 0 heterocycles. The van der Waals surface area contributed by atoms with Crippen LogP contribution in [0.5, 0.6) is 0 Å². The second kappa shape index (κ2) is 4.71. The highest BCUT2D eigenvalue weighted by Crippen LogP contribution is 2.28. The van der Waals surface area contributed by atoms with Crippen molar-refractivity contribution in [2.45, 2.75) is 19.2 Å². The van der Waals surface area contributed by atoms with Crippen LogP contribution in [-0.4, -0.2) is 0 Å². The molecule has 82 valence electrons. The predicted molar refractivity (Wildman–Crippen MR) is 73.0 cm³/mol. The number of alkyl halides is 1. The molecule has 0 amide bonds. The summed E-state index contributed by atoms with van der Waals surface area (Å²) in [6, 6.07) is 10.6. The van der Waals surface area contributed by atoms with Gasteiger partial charge in [0.05, 0.1) is 0 Å². The highest BCUT2D eigenvalue weighted by Gasteiger charge is 2.08. The quantitative estimate of drug-likeness (QED) is 0.666. The van der Waals surface area contributed by atoms with Crippen LogP contribution in [0.3, 0.4) is 0 Å². The van der Waals surface area contributed by atoms with E-state index in [1.807, 2.05) is 6.08 Å². The Bertz CT molecular complexity index is 526. The minimum absolute atomic E-state index is 0.571. The van der Waals surface area contributed by atoms with E-state index in [1.165, 1.54) is 27.5 Å². The number of aryl methyl sites for hydroxylation is 1. The predicted octanol–water partition coefficient (Wildman–Crippen LogP) is 4.78. The lowest BCUT2D eigenvalue weighted by Crippen LogP contribution is -1.94. The van der Waals surface area contributed by atoms with Crippen LogP contribution in [-0.2, 0) is 12.3 Å². The molecule has 2 aromatic rings. The van der Waals surface area contributed by atoms with Crippen molar-refractivity contribution < 1.29 is 0 Å². The lowest BCUT2D eigenvalue weighted by atomic mass is 9.94. The van der Waals surface area contributed by atoms with Crippen molar-refractivity contribution in [1.82, 2.24) is 0 Å². The van der Waals surface area contributed by atoms with Gasteiger partial charge < -0.3 is 0 Å². The Morgan fingerprint density at radius 3 is 2.50 bits per heavy atom. The van der Waals surface area contributed by atoms with Gasteiger partial charge in [0.2, 0.25) is 0 Å². The van der Waals surface area contributed by atoms with Crippen LogP contribution in [0.4, 0.5) is 0 Å². The molecule has 0 aliphatic carbocycles. The van der Waals surface area contributed by atoms with Crippen molar-refractivity contribution in [2.75, 3.05) is 0 Å². The van der Waals surface area contributed by atoms with Crippen molar-refractivity contribution in [2.24, 2.45) is 0 Å². The van der Waals surface area contributed by atoms with Gasteiger partial charge in [-0.2, -0.15) is 0 Å². The van der Waals surface area contributed by atoms with Crippen molar-refractivity contribution >= 4 is 28.4 Å². The molecule has 1 heteroatoms. The molecule has 0 radical (unpaired) electrons. The highest BCUT2D eigenvalue weighted by molar-refractivity contribution is 6.18. The van der Waals surface area contributed by atoms with Gasteiger partial charge in [-0.3, -0.25) is 0 Å². The Hall–Kier alpha value is -1.27. The van der Waals surface area contributed by atoms with Crippen LogP contribution in [0.1, 0.15) is 23.6 Å². The first-order valence-electron chi connectivity index (χ1n) is 5.53. The Balaban J connectivity index is 2.88. The molecule has 0 unspecified atom stereocenters. The summed E-state index contributed by atoms with van der Waals surface area (Å²) >= 11 is 6.06. The number of benzene rings is 2. The molecule has 0 saturated carbocycles.